The molecule has 0 aromatic heterocycles. The Morgan fingerprint density at radius 2 is 1.89 bits per heavy atom. The van der Waals surface area contributed by atoms with Crippen LogP contribution in [0.25, 0.3) is 0 Å². The van der Waals surface area contributed by atoms with Crippen LogP contribution in [-0.2, 0) is 0 Å². The molecule has 1 heterocycles. The fourth-order valence-electron chi connectivity index (χ4n) is 2.93. The minimum atomic E-state index is 0.357. The smallest absolute Gasteiger partial charge is 0.134 e. The Hall–Kier alpha value is -0.100. The molecule has 1 aromatic carbocycles. The van der Waals surface area contributed by atoms with Gasteiger partial charge in [0.25, 0.3) is 0 Å². The maximum absolute atomic E-state index is 10.4. The van der Waals surface area contributed by atoms with Gasteiger partial charge in [0.15, 0.2) is 0 Å². The van der Waals surface area contributed by atoms with E-state index in [9.17, 15) is 5.11 Å². The van der Waals surface area contributed by atoms with Crippen LogP contribution in [0.15, 0.2) is 21.1 Å². The van der Waals surface area contributed by atoms with E-state index in [1.807, 2.05) is 6.07 Å². The number of hydrogen-bond donors (Lipinski definition) is 2. The summed E-state index contributed by atoms with van der Waals surface area (Å²) in [6.45, 7) is 4.20. The Morgan fingerprint density at radius 1 is 1.21 bits per heavy atom. The van der Waals surface area contributed by atoms with Gasteiger partial charge in [-0.1, -0.05) is 15.9 Å². The van der Waals surface area contributed by atoms with Gasteiger partial charge in [0, 0.05) is 42.3 Å². The highest BCUT2D eigenvalue weighted by Gasteiger charge is 2.38. The number of piperazine rings is 1. The molecule has 1 aromatic rings. The number of aromatic hydroxyl groups is 1. The highest BCUT2D eigenvalue weighted by atomic mass is 79.9. The maximum Gasteiger partial charge on any atom is 0.134 e. The van der Waals surface area contributed by atoms with Crippen molar-refractivity contribution in [2.75, 3.05) is 26.2 Å². The third-order valence-corrected chi connectivity index (χ3v) is 5.05. The van der Waals surface area contributed by atoms with Gasteiger partial charge in [-0.15, -0.1) is 0 Å². The summed E-state index contributed by atoms with van der Waals surface area (Å²) in [4.78, 5) is 2.52. The number of nitrogens with zero attached hydrogens (tertiary/aromatic N) is 1. The normalized spacial score (nSPS) is 22.4. The molecule has 0 radical (unpaired) electrons. The van der Waals surface area contributed by atoms with Gasteiger partial charge in [0.2, 0.25) is 0 Å². The Bertz CT molecular complexity index is 471. The molecule has 0 spiro atoms. The monoisotopic (exact) mass is 388 g/mol. The molecule has 0 unspecified atom stereocenters. The van der Waals surface area contributed by atoms with E-state index in [4.69, 9.17) is 0 Å². The first-order chi connectivity index (χ1) is 9.16. The molecule has 104 valence electrons. The highest BCUT2D eigenvalue weighted by molar-refractivity contribution is 9.11. The zero-order valence-electron chi connectivity index (χ0n) is 10.7. The quantitative estimate of drug-likeness (QED) is 0.832. The summed E-state index contributed by atoms with van der Waals surface area (Å²) in [5.41, 5.74) is 1.06. The van der Waals surface area contributed by atoms with Crippen LogP contribution in [0.5, 0.6) is 5.75 Å². The van der Waals surface area contributed by atoms with E-state index in [1.165, 1.54) is 12.8 Å². The standard InChI is InChI=1S/C14H18Br2N2O/c15-10-7-11(14(19)12(16)8-10)13(9-1-2-9)18-5-3-17-4-6-18/h7-9,13,17,19H,1-6H2/t13-/m0/s1. The zero-order valence-corrected chi connectivity index (χ0v) is 13.9. The number of nitrogens with one attached hydrogen (secondary N) is 1. The van der Waals surface area contributed by atoms with E-state index in [2.05, 4.69) is 48.1 Å². The maximum atomic E-state index is 10.4. The summed E-state index contributed by atoms with van der Waals surface area (Å²) in [5, 5.41) is 13.8. The van der Waals surface area contributed by atoms with Crippen LogP contribution in [0.4, 0.5) is 0 Å². The number of rotatable bonds is 3. The summed E-state index contributed by atoms with van der Waals surface area (Å²) >= 11 is 6.98. The molecule has 1 atom stereocenters. The van der Waals surface area contributed by atoms with Crippen molar-refractivity contribution < 1.29 is 5.11 Å². The summed E-state index contributed by atoms with van der Waals surface area (Å²) in [5.74, 6) is 1.10. The van der Waals surface area contributed by atoms with E-state index in [0.717, 1.165) is 40.7 Å². The summed E-state index contributed by atoms with van der Waals surface area (Å²) in [7, 11) is 0. The molecule has 2 fully saturated rings. The van der Waals surface area contributed by atoms with Crippen molar-refractivity contribution in [2.24, 2.45) is 5.92 Å². The van der Waals surface area contributed by atoms with Crippen molar-refractivity contribution in [1.29, 1.82) is 0 Å². The van der Waals surface area contributed by atoms with Gasteiger partial charge in [-0.2, -0.15) is 0 Å². The van der Waals surface area contributed by atoms with Gasteiger partial charge in [-0.05, 0) is 46.8 Å². The van der Waals surface area contributed by atoms with Gasteiger partial charge in [0.1, 0.15) is 5.75 Å². The Kier molecular flexibility index (Phi) is 4.17. The third-order valence-electron chi connectivity index (χ3n) is 3.99. The summed E-state index contributed by atoms with van der Waals surface area (Å²) in [6, 6.07) is 4.34. The van der Waals surface area contributed by atoms with Gasteiger partial charge >= 0.3 is 0 Å². The van der Waals surface area contributed by atoms with Crippen molar-refractivity contribution in [3.63, 3.8) is 0 Å². The average Bonchev–Trinajstić information content (AvgIpc) is 3.21. The summed E-state index contributed by atoms with van der Waals surface area (Å²) in [6.07, 6.45) is 2.55. The average molecular weight is 390 g/mol. The van der Waals surface area contributed by atoms with Gasteiger partial charge < -0.3 is 10.4 Å². The van der Waals surface area contributed by atoms with Crippen molar-refractivity contribution in [2.45, 2.75) is 18.9 Å². The second kappa shape index (κ2) is 5.72. The van der Waals surface area contributed by atoms with E-state index in [0.29, 0.717) is 17.7 Å². The molecule has 2 aliphatic rings. The van der Waals surface area contributed by atoms with Gasteiger partial charge in [-0.3, -0.25) is 4.90 Å². The van der Waals surface area contributed by atoms with Crippen molar-refractivity contribution >= 4 is 31.9 Å². The topological polar surface area (TPSA) is 35.5 Å². The van der Waals surface area contributed by atoms with Crippen LogP contribution in [0.1, 0.15) is 24.4 Å². The summed E-state index contributed by atoms with van der Waals surface area (Å²) < 4.78 is 1.80. The number of benzene rings is 1. The molecule has 3 rings (SSSR count). The minimum absolute atomic E-state index is 0.357. The molecule has 1 aliphatic heterocycles. The lowest BCUT2D eigenvalue weighted by atomic mass is 9.99. The van der Waals surface area contributed by atoms with E-state index in [-0.39, 0.29) is 0 Å². The van der Waals surface area contributed by atoms with E-state index >= 15 is 0 Å². The first-order valence-corrected chi connectivity index (χ1v) is 8.38. The molecule has 19 heavy (non-hydrogen) atoms. The fourth-order valence-corrected chi connectivity index (χ4v) is 4.19. The number of hydrogen-bond acceptors (Lipinski definition) is 3. The fraction of sp³-hybridized carbons (Fsp3) is 0.571. The second-order valence-corrected chi connectivity index (χ2v) is 7.16. The van der Waals surface area contributed by atoms with Crippen LogP contribution in [0.2, 0.25) is 0 Å². The lowest BCUT2D eigenvalue weighted by Crippen LogP contribution is -2.45. The third kappa shape index (κ3) is 2.99. The Morgan fingerprint density at radius 3 is 2.53 bits per heavy atom. The van der Waals surface area contributed by atoms with Crippen LogP contribution in [0.3, 0.4) is 0 Å². The molecule has 1 saturated carbocycles. The molecular weight excluding hydrogens is 372 g/mol. The number of halogens is 2. The number of phenols is 1. The van der Waals surface area contributed by atoms with Crippen molar-refractivity contribution in [1.82, 2.24) is 10.2 Å². The van der Waals surface area contributed by atoms with Crippen molar-refractivity contribution in [3.05, 3.63) is 26.6 Å². The lowest BCUT2D eigenvalue weighted by molar-refractivity contribution is 0.153. The SMILES string of the molecule is Oc1c(Br)cc(Br)cc1[C@H](C1CC1)N1CCNCC1. The van der Waals surface area contributed by atoms with Crippen molar-refractivity contribution in [3.8, 4) is 5.75 Å². The molecular formula is C14H18Br2N2O. The molecule has 1 aliphatic carbocycles. The second-order valence-electron chi connectivity index (χ2n) is 5.39. The van der Waals surface area contributed by atoms with Crippen LogP contribution >= 0.6 is 31.9 Å². The Labute approximate surface area is 130 Å². The highest BCUT2D eigenvalue weighted by Crippen LogP contribution is 2.48. The minimum Gasteiger partial charge on any atom is -0.506 e. The zero-order chi connectivity index (χ0) is 13.4. The molecule has 2 N–H and O–H groups in total. The van der Waals surface area contributed by atoms with E-state index in [1.54, 1.807) is 0 Å². The molecule has 3 nitrogen and oxygen atoms in total. The van der Waals surface area contributed by atoms with Crippen LogP contribution in [0, 0.1) is 5.92 Å². The molecule has 0 bridgehead atoms. The van der Waals surface area contributed by atoms with E-state index < -0.39 is 0 Å². The first-order valence-electron chi connectivity index (χ1n) is 6.79. The first kappa shape index (κ1) is 13.9. The predicted octanol–water partition coefficient (Wildman–Crippen LogP) is 3.27. The molecule has 0 amide bonds. The largest absolute Gasteiger partial charge is 0.506 e. The predicted molar refractivity (Wildman–Crippen MR) is 83.4 cm³/mol. The van der Waals surface area contributed by atoms with Crippen LogP contribution < -0.4 is 5.32 Å². The van der Waals surface area contributed by atoms with Crippen LogP contribution in [-0.4, -0.2) is 36.2 Å². The lowest BCUT2D eigenvalue weighted by Gasteiger charge is -2.36. The van der Waals surface area contributed by atoms with Gasteiger partial charge in [0.05, 0.1) is 4.47 Å². The Balaban J connectivity index is 1.95. The van der Waals surface area contributed by atoms with Gasteiger partial charge in [-0.25, -0.2) is 0 Å². The molecule has 5 heteroatoms. The molecule has 1 saturated heterocycles. The number of phenolic OH excluding ortho intramolecular Hbond substituents is 1.